The number of rotatable bonds is 1. The van der Waals surface area contributed by atoms with Crippen LogP contribution in [0.2, 0.25) is 0 Å². The smallest absolute Gasteiger partial charge is 0.338 e. The molecule has 0 radical (unpaired) electrons. The molecular weight excluding hydrogens is 276 g/mol. The first kappa shape index (κ1) is 13.4. The summed E-state index contributed by atoms with van der Waals surface area (Å²) in [6, 6.07) is 2.38. The van der Waals surface area contributed by atoms with Crippen LogP contribution in [0.1, 0.15) is 15.9 Å². The van der Waals surface area contributed by atoms with Crippen molar-refractivity contribution in [2.75, 3.05) is 13.1 Å². The standard InChI is InChI=1S/C13H12F4N2O/c14-10-3-6(1-2-9(10)13(15,16)17)12(20)19-4-7-8(5-19)11(7)18/h1-3,7-8,11H,4-5,18H2. The van der Waals surface area contributed by atoms with Crippen molar-refractivity contribution >= 4 is 5.91 Å². The predicted molar refractivity (Wildman–Crippen MR) is 62.3 cm³/mol. The lowest BCUT2D eigenvalue weighted by Gasteiger charge is -2.19. The second-order valence-corrected chi connectivity index (χ2v) is 5.31. The molecule has 1 saturated heterocycles. The third-order valence-corrected chi connectivity index (χ3v) is 4.07. The molecule has 1 aromatic rings. The van der Waals surface area contributed by atoms with Crippen LogP contribution >= 0.6 is 0 Å². The van der Waals surface area contributed by atoms with Crippen LogP contribution in [0.5, 0.6) is 0 Å². The van der Waals surface area contributed by atoms with Gasteiger partial charge in [0.05, 0.1) is 5.56 Å². The van der Waals surface area contributed by atoms with Gasteiger partial charge in [-0.25, -0.2) is 4.39 Å². The van der Waals surface area contributed by atoms with Gasteiger partial charge < -0.3 is 10.6 Å². The van der Waals surface area contributed by atoms with Crippen molar-refractivity contribution < 1.29 is 22.4 Å². The number of benzene rings is 1. The number of amides is 1. The zero-order chi connectivity index (χ0) is 14.7. The molecule has 2 atom stereocenters. The average molecular weight is 288 g/mol. The predicted octanol–water partition coefficient (Wildman–Crippen LogP) is 1.87. The van der Waals surface area contributed by atoms with Crippen molar-refractivity contribution in [1.29, 1.82) is 0 Å². The largest absolute Gasteiger partial charge is 0.419 e. The van der Waals surface area contributed by atoms with E-state index < -0.39 is 23.5 Å². The number of hydrogen-bond acceptors (Lipinski definition) is 2. The Balaban J connectivity index is 1.78. The molecule has 0 aromatic heterocycles. The van der Waals surface area contributed by atoms with Gasteiger partial charge in [-0.3, -0.25) is 4.79 Å². The highest BCUT2D eigenvalue weighted by Gasteiger charge is 2.54. The third kappa shape index (κ3) is 2.06. The van der Waals surface area contributed by atoms with Crippen molar-refractivity contribution in [2.45, 2.75) is 12.2 Å². The van der Waals surface area contributed by atoms with Crippen molar-refractivity contribution in [3.05, 3.63) is 35.1 Å². The van der Waals surface area contributed by atoms with Gasteiger partial charge in [0.25, 0.3) is 5.91 Å². The minimum Gasteiger partial charge on any atom is -0.338 e. The van der Waals surface area contributed by atoms with E-state index in [0.29, 0.717) is 25.2 Å². The summed E-state index contributed by atoms with van der Waals surface area (Å²) in [6.07, 6.45) is -4.76. The molecule has 1 aromatic carbocycles. The number of nitrogens with two attached hydrogens (primary N) is 1. The molecule has 1 aliphatic heterocycles. The molecule has 1 aliphatic carbocycles. The van der Waals surface area contributed by atoms with E-state index in [1.165, 1.54) is 4.90 Å². The molecule has 2 fully saturated rings. The second kappa shape index (κ2) is 4.18. The van der Waals surface area contributed by atoms with E-state index in [1.54, 1.807) is 0 Å². The van der Waals surface area contributed by atoms with E-state index in [4.69, 9.17) is 5.73 Å². The molecule has 2 aliphatic rings. The van der Waals surface area contributed by atoms with Gasteiger partial charge in [-0.2, -0.15) is 13.2 Å². The van der Waals surface area contributed by atoms with Gasteiger partial charge in [-0.1, -0.05) is 0 Å². The van der Waals surface area contributed by atoms with Crippen molar-refractivity contribution in [3.8, 4) is 0 Å². The normalized spacial score (nSPS) is 28.4. The Morgan fingerprint density at radius 2 is 1.85 bits per heavy atom. The summed E-state index contributed by atoms with van der Waals surface area (Å²) < 4.78 is 50.7. The number of piperidine rings is 1. The summed E-state index contributed by atoms with van der Waals surface area (Å²) >= 11 is 0. The van der Waals surface area contributed by atoms with Gasteiger partial charge in [0.15, 0.2) is 0 Å². The monoisotopic (exact) mass is 288 g/mol. The number of fused-ring (bicyclic) bond motifs is 1. The highest BCUT2D eigenvalue weighted by atomic mass is 19.4. The number of carbonyl (C=O) groups is 1. The highest BCUT2D eigenvalue weighted by Crippen LogP contribution is 2.44. The Bertz CT molecular complexity index is 560. The fraction of sp³-hybridized carbons (Fsp3) is 0.462. The molecule has 7 heteroatoms. The lowest BCUT2D eigenvalue weighted by atomic mass is 10.1. The number of halogens is 4. The Labute approximate surface area is 112 Å². The quantitative estimate of drug-likeness (QED) is 0.802. The fourth-order valence-corrected chi connectivity index (χ4v) is 2.80. The maximum absolute atomic E-state index is 13.4. The van der Waals surface area contributed by atoms with Crippen LogP contribution in [-0.2, 0) is 6.18 Å². The van der Waals surface area contributed by atoms with Gasteiger partial charge in [0, 0.05) is 24.7 Å². The van der Waals surface area contributed by atoms with Crippen LogP contribution in [0.15, 0.2) is 18.2 Å². The van der Waals surface area contributed by atoms with Crippen LogP contribution in [0.3, 0.4) is 0 Å². The van der Waals surface area contributed by atoms with E-state index in [0.717, 1.165) is 6.07 Å². The molecule has 0 spiro atoms. The second-order valence-electron chi connectivity index (χ2n) is 5.31. The van der Waals surface area contributed by atoms with Gasteiger partial charge in [0.2, 0.25) is 0 Å². The zero-order valence-corrected chi connectivity index (χ0v) is 10.3. The molecule has 3 rings (SSSR count). The summed E-state index contributed by atoms with van der Waals surface area (Å²) in [5, 5.41) is 0. The summed E-state index contributed by atoms with van der Waals surface area (Å²) in [5.41, 5.74) is 4.32. The number of likely N-dealkylation sites (tertiary alicyclic amines) is 1. The molecular formula is C13H12F4N2O. The third-order valence-electron chi connectivity index (χ3n) is 4.07. The van der Waals surface area contributed by atoms with Crippen LogP contribution in [0.4, 0.5) is 17.6 Å². The Morgan fingerprint density at radius 3 is 2.35 bits per heavy atom. The van der Waals surface area contributed by atoms with Crippen molar-refractivity contribution in [3.63, 3.8) is 0 Å². The highest BCUT2D eigenvalue weighted by molar-refractivity contribution is 5.94. The molecule has 3 nitrogen and oxygen atoms in total. The first-order valence-electron chi connectivity index (χ1n) is 6.20. The average Bonchev–Trinajstić information content (AvgIpc) is 2.80. The Hall–Kier alpha value is -1.63. The van der Waals surface area contributed by atoms with Crippen LogP contribution in [0.25, 0.3) is 0 Å². The molecule has 1 heterocycles. The van der Waals surface area contributed by atoms with Crippen molar-refractivity contribution in [2.24, 2.45) is 17.6 Å². The maximum atomic E-state index is 13.4. The first-order chi connectivity index (χ1) is 9.29. The van der Waals surface area contributed by atoms with Crippen molar-refractivity contribution in [1.82, 2.24) is 4.90 Å². The Kier molecular flexibility index (Phi) is 2.79. The number of carbonyl (C=O) groups excluding carboxylic acids is 1. The fourth-order valence-electron chi connectivity index (χ4n) is 2.80. The molecule has 1 saturated carbocycles. The van der Waals surface area contributed by atoms with Gasteiger partial charge in [-0.15, -0.1) is 0 Å². The molecule has 108 valence electrons. The van der Waals surface area contributed by atoms with E-state index in [-0.39, 0.29) is 23.4 Å². The van der Waals surface area contributed by atoms with Crippen LogP contribution in [-0.4, -0.2) is 29.9 Å². The van der Waals surface area contributed by atoms with Gasteiger partial charge in [-0.05, 0) is 30.0 Å². The van der Waals surface area contributed by atoms with Gasteiger partial charge >= 0.3 is 6.18 Å². The van der Waals surface area contributed by atoms with E-state index in [2.05, 4.69) is 0 Å². The molecule has 2 N–H and O–H groups in total. The maximum Gasteiger partial charge on any atom is 0.419 e. The first-order valence-corrected chi connectivity index (χ1v) is 6.20. The lowest BCUT2D eigenvalue weighted by molar-refractivity contribution is -0.140. The summed E-state index contributed by atoms with van der Waals surface area (Å²) in [4.78, 5) is 13.6. The number of alkyl halides is 3. The van der Waals surface area contributed by atoms with E-state index in [1.807, 2.05) is 0 Å². The molecule has 0 bridgehead atoms. The summed E-state index contributed by atoms with van der Waals surface area (Å²) in [7, 11) is 0. The van der Waals surface area contributed by atoms with Crippen LogP contribution < -0.4 is 5.73 Å². The van der Waals surface area contributed by atoms with E-state index >= 15 is 0 Å². The topological polar surface area (TPSA) is 46.3 Å². The van der Waals surface area contributed by atoms with Crippen LogP contribution in [0, 0.1) is 17.7 Å². The molecule has 20 heavy (non-hydrogen) atoms. The lowest BCUT2D eigenvalue weighted by Crippen LogP contribution is -2.34. The summed E-state index contributed by atoms with van der Waals surface area (Å²) in [6.45, 7) is 0.987. The SMILES string of the molecule is NC1C2CN(C(=O)c3ccc(C(F)(F)F)c(F)c3)CC12. The minimum atomic E-state index is -4.76. The minimum absolute atomic E-state index is 0.0645. The Morgan fingerprint density at radius 1 is 1.25 bits per heavy atom. The number of hydrogen-bond donors (Lipinski definition) is 1. The number of nitrogens with zero attached hydrogens (tertiary/aromatic N) is 1. The zero-order valence-electron chi connectivity index (χ0n) is 10.3. The summed E-state index contributed by atoms with van der Waals surface area (Å²) in [5.74, 6) is -1.32. The molecule has 2 unspecified atom stereocenters. The molecule has 1 amide bonds. The van der Waals surface area contributed by atoms with E-state index in [9.17, 15) is 22.4 Å². The van der Waals surface area contributed by atoms with Gasteiger partial charge in [0.1, 0.15) is 5.82 Å².